The molecule has 3 heterocycles. The number of anilines is 1. The minimum atomic E-state index is -0.683. The Labute approximate surface area is 210 Å². The number of pyridine rings is 1. The fourth-order valence-corrected chi connectivity index (χ4v) is 4.62. The number of rotatable bonds is 6. The minimum absolute atomic E-state index is 0.0650. The number of hydrogen-bond donors (Lipinski definition) is 0. The number of nitrogens with zero attached hydrogens (tertiary/aromatic N) is 2. The molecule has 0 unspecified atom stereocenters. The van der Waals surface area contributed by atoms with E-state index in [0.29, 0.717) is 40.6 Å². The van der Waals surface area contributed by atoms with Gasteiger partial charge in [0, 0.05) is 6.20 Å². The fourth-order valence-electron chi connectivity index (χ4n) is 4.62. The number of amides is 1. The van der Waals surface area contributed by atoms with E-state index < -0.39 is 6.04 Å². The van der Waals surface area contributed by atoms with E-state index in [9.17, 15) is 9.59 Å². The zero-order chi connectivity index (χ0) is 25.6. The van der Waals surface area contributed by atoms with Crippen LogP contribution in [-0.4, -0.2) is 17.5 Å². The van der Waals surface area contributed by atoms with Gasteiger partial charge in [-0.1, -0.05) is 26.0 Å². The van der Waals surface area contributed by atoms with Gasteiger partial charge in [0.25, 0.3) is 5.91 Å². The van der Waals surface area contributed by atoms with Crippen LogP contribution in [-0.2, 0) is 0 Å². The summed E-state index contributed by atoms with van der Waals surface area (Å²) < 4.78 is 12.1. The molecule has 6 heteroatoms. The number of aromatic nitrogens is 1. The highest BCUT2D eigenvalue weighted by molar-refractivity contribution is 6.10. The summed E-state index contributed by atoms with van der Waals surface area (Å²) in [6.45, 7) is 10.8. The summed E-state index contributed by atoms with van der Waals surface area (Å²) in [5.41, 5.74) is 4.27. The molecule has 0 bridgehead atoms. The molecular formula is C30H30N2O4. The van der Waals surface area contributed by atoms with Crippen LogP contribution in [0.5, 0.6) is 5.75 Å². The highest BCUT2D eigenvalue weighted by atomic mass is 16.5. The molecule has 1 aliphatic heterocycles. The van der Waals surface area contributed by atoms with E-state index >= 15 is 0 Å². The van der Waals surface area contributed by atoms with Crippen LogP contribution >= 0.6 is 0 Å². The molecule has 2 aromatic carbocycles. The topological polar surface area (TPSA) is 72.6 Å². The van der Waals surface area contributed by atoms with E-state index in [4.69, 9.17) is 9.15 Å². The lowest BCUT2D eigenvalue weighted by Crippen LogP contribution is -2.30. The molecular weight excluding hydrogens is 452 g/mol. The van der Waals surface area contributed by atoms with Gasteiger partial charge in [0.1, 0.15) is 17.2 Å². The van der Waals surface area contributed by atoms with Crippen LogP contribution in [0.2, 0.25) is 0 Å². The number of ether oxygens (including phenoxy) is 1. The molecule has 4 aromatic rings. The zero-order valence-corrected chi connectivity index (χ0v) is 21.3. The van der Waals surface area contributed by atoms with Crippen molar-refractivity contribution in [2.45, 2.75) is 47.1 Å². The van der Waals surface area contributed by atoms with Gasteiger partial charge in [-0.3, -0.25) is 14.5 Å². The van der Waals surface area contributed by atoms with Crippen molar-refractivity contribution in [3.63, 3.8) is 0 Å². The van der Waals surface area contributed by atoms with Crippen molar-refractivity contribution < 1.29 is 13.9 Å². The minimum Gasteiger partial charge on any atom is -0.494 e. The first-order chi connectivity index (χ1) is 17.2. The number of fused-ring (bicyclic) bond motifs is 2. The van der Waals surface area contributed by atoms with Crippen molar-refractivity contribution in [1.29, 1.82) is 0 Å². The zero-order valence-electron chi connectivity index (χ0n) is 21.3. The molecule has 6 nitrogen and oxygen atoms in total. The summed E-state index contributed by atoms with van der Waals surface area (Å²) in [6, 6.07) is 14.3. The van der Waals surface area contributed by atoms with Crippen LogP contribution in [0.15, 0.2) is 63.9 Å². The smallest absolute Gasteiger partial charge is 0.296 e. The Hall–Kier alpha value is -3.93. The largest absolute Gasteiger partial charge is 0.494 e. The van der Waals surface area contributed by atoms with Gasteiger partial charge in [0.05, 0.1) is 23.6 Å². The van der Waals surface area contributed by atoms with Crippen LogP contribution < -0.4 is 15.1 Å². The first kappa shape index (κ1) is 23.8. The number of carbonyl (C=O) groups is 1. The molecule has 1 aliphatic rings. The summed E-state index contributed by atoms with van der Waals surface area (Å²) in [5, 5.41) is 0.470. The van der Waals surface area contributed by atoms with Crippen LogP contribution in [0.4, 0.5) is 5.82 Å². The highest BCUT2D eigenvalue weighted by Crippen LogP contribution is 2.41. The first-order valence-electron chi connectivity index (χ1n) is 12.3. The van der Waals surface area contributed by atoms with Crippen LogP contribution in [0.1, 0.15) is 64.7 Å². The van der Waals surface area contributed by atoms with Crippen LogP contribution in [0.3, 0.4) is 0 Å². The second-order valence-electron chi connectivity index (χ2n) is 9.98. The normalized spacial score (nSPS) is 15.1. The highest BCUT2D eigenvalue weighted by Gasteiger charge is 2.44. The predicted molar refractivity (Wildman–Crippen MR) is 141 cm³/mol. The molecule has 0 saturated heterocycles. The van der Waals surface area contributed by atoms with E-state index in [0.717, 1.165) is 28.7 Å². The third-order valence-electron chi connectivity index (χ3n) is 6.77. The SMILES string of the molecule is Cc1ccnc(N2C(=O)c3oc4cc(C)c(C)cc4c(=O)c3[C@H]2c2cccc(OCCC(C)C)c2)c1. The van der Waals surface area contributed by atoms with Gasteiger partial charge in [0.15, 0.2) is 5.43 Å². The standard InChI is InChI=1S/C30H30N2O4/c1-17(2)10-12-35-22-8-6-7-21(16-22)27-26-28(33)23-14-19(4)20(5)15-24(23)36-29(26)30(34)32(27)25-13-18(3)9-11-31-25/h6-9,11,13-17,27H,10,12H2,1-5H3/t27-/m1/s1. The predicted octanol–water partition coefficient (Wildman–Crippen LogP) is 6.29. The van der Waals surface area contributed by atoms with E-state index in [1.54, 1.807) is 11.1 Å². The van der Waals surface area contributed by atoms with Crippen molar-refractivity contribution in [3.8, 4) is 5.75 Å². The molecule has 0 fully saturated rings. The van der Waals surface area contributed by atoms with E-state index in [1.165, 1.54) is 0 Å². The van der Waals surface area contributed by atoms with Crippen molar-refractivity contribution in [2.24, 2.45) is 5.92 Å². The second-order valence-corrected chi connectivity index (χ2v) is 9.98. The maximum Gasteiger partial charge on any atom is 0.296 e. The number of aryl methyl sites for hydroxylation is 3. The molecule has 1 amide bonds. The molecule has 2 aromatic heterocycles. The summed E-state index contributed by atoms with van der Waals surface area (Å²) in [4.78, 5) is 33.7. The maximum absolute atomic E-state index is 13.9. The lowest BCUT2D eigenvalue weighted by molar-refractivity contribution is 0.0970. The molecule has 0 N–H and O–H groups in total. The summed E-state index contributed by atoms with van der Waals surface area (Å²) in [7, 11) is 0. The molecule has 1 atom stereocenters. The van der Waals surface area contributed by atoms with Gasteiger partial charge in [-0.15, -0.1) is 0 Å². The van der Waals surface area contributed by atoms with Crippen molar-refractivity contribution in [2.75, 3.05) is 11.5 Å². The van der Waals surface area contributed by atoms with Gasteiger partial charge >= 0.3 is 0 Å². The van der Waals surface area contributed by atoms with Crippen molar-refractivity contribution in [1.82, 2.24) is 4.98 Å². The Morgan fingerprint density at radius 2 is 1.81 bits per heavy atom. The Morgan fingerprint density at radius 1 is 1.03 bits per heavy atom. The molecule has 5 rings (SSSR count). The number of benzene rings is 2. The monoisotopic (exact) mass is 482 g/mol. The van der Waals surface area contributed by atoms with Crippen molar-refractivity contribution >= 4 is 22.7 Å². The molecule has 0 aliphatic carbocycles. The lowest BCUT2D eigenvalue weighted by atomic mass is 9.97. The third kappa shape index (κ3) is 4.17. The summed E-state index contributed by atoms with van der Waals surface area (Å²) in [6.07, 6.45) is 2.60. The van der Waals surface area contributed by atoms with Crippen LogP contribution in [0, 0.1) is 26.7 Å². The Kier molecular flexibility index (Phi) is 6.12. The number of hydrogen-bond acceptors (Lipinski definition) is 5. The van der Waals surface area contributed by atoms with Gasteiger partial charge in [0.2, 0.25) is 5.76 Å². The summed E-state index contributed by atoms with van der Waals surface area (Å²) in [5.74, 6) is 1.38. The average Bonchev–Trinajstić information content (AvgIpc) is 3.13. The van der Waals surface area contributed by atoms with E-state index in [2.05, 4.69) is 18.8 Å². The van der Waals surface area contributed by atoms with Crippen LogP contribution in [0.25, 0.3) is 11.0 Å². The molecule has 184 valence electrons. The van der Waals surface area contributed by atoms with E-state index in [-0.39, 0.29) is 17.1 Å². The quantitative estimate of drug-likeness (QED) is 0.323. The van der Waals surface area contributed by atoms with Crippen molar-refractivity contribution in [3.05, 3.63) is 98.5 Å². The molecule has 0 spiro atoms. The van der Waals surface area contributed by atoms with Gasteiger partial charge in [-0.05, 0) is 91.8 Å². The number of carbonyl (C=O) groups excluding carboxylic acids is 1. The Morgan fingerprint density at radius 3 is 2.56 bits per heavy atom. The second kappa shape index (κ2) is 9.26. The average molecular weight is 483 g/mol. The maximum atomic E-state index is 13.9. The summed E-state index contributed by atoms with van der Waals surface area (Å²) >= 11 is 0. The van der Waals surface area contributed by atoms with Gasteiger partial charge in [-0.2, -0.15) is 0 Å². The molecule has 0 saturated carbocycles. The van der Waals surface area contributed by atoms with Gasteiger partial charge < -0.3 is 9.15 Å². The molecule has 36 heavy (non-hydrogen) atoms. The van der Waals surface area contributed by atoms with E-state index in [1.807, 2.05) is 69.3 Å². The van der Waals surface area contributed by atoms with Gasteiger partial charge in [-0.25, -0.2) is 4.98 Å². The fraction of sp³-hybridized carbons (Fsp3) is 0.300. The molecule has 0 radical (unpaired) electrons. The Bertz CT molecular complexity index is 1540. The first-order valence-corrected chi connectivity index (χ1v) is 12.3. The third-order valence-corrected chi connectivity index (χ3v) is 6.77. The Balaban J connectivity index is 1.70. The lowest BCUT2D eigenvalue weighted by Gasteiger charge is -2.25.